The van der Waals surface area contributed by atoms with E-state index in [1.165, 1.54) is 10.5 Å². The van der Waals surface area contributed by atoms with Crippen LogP contribution < -0.4 is 5.73 Å². The van der Waals surface area contributed by atoms with Crippen LogP contribution in [0.1, 0.15) is 18.9 Å². The summed E-state index contributed by atoms with van der Waals surface area (Å²) >= 11 is 1.79. The van der Waals surface area contributed by atoms with Crippen LogP contribution in [-0.4, -0.2) is 12.8 Å². The molecule has 0 bridgehead atoms. The summed E-state index contributed by atoms with van der Waals surface area (Å²) in [6.45, 7) is 3.05. The van der Waals surface area contributed by atoms with Gasteiger partial charge in [0.2, 0.25) is 0 Å². The maximum absolute atomic E-state index is 5.53. The topological polar surface area (TPSA) is 26.0 Å². The Morgan fingerprint density at radius 1 is 1.29 bits per heavy atom. The molecular formula is C12H19NS. The molecule has 0 aromatic heterocycles. The van der Waals surface area contributed by atoms with E-state index in [-0.39, 0.29) is 0 Å². The van der Waals surface area contributed by atoms with Crippen molar-refractivity contribution in [2.75, 3.05) is 12.8 Å². The molecule has 14 heavy (non-hydrogen) atoms. The largest absolute Gasteiger partial charge is 0.330 e. The molecule has 1 aromatic carbocycles. The van der Waals surface area contributed by atoms with Crippen LogP contribution in [0.15, 0.2) is 29.2 Å². The Labute approximate surface area is 91.1 Å². The molecule has 0 aliphatic rings. The summed E-state index contributed by atoms with van der Waals surface area (Å²) in [5.74, 6) is 0.695. The maximum atomic E-state index is 5.53. The smallest absolute Gasteiger partial charge is 0.00693 e. The van der Waals surface area contributed by atoms with Crippen LogP contribution in [0.3, 0.4) is 0 Å². The molecule has 1 rings (SSSR count). The highest BCUT2D eigenvalue weighted by atomic mass is 32.2. The van der Waals surface area contributed by atoms with Gasteiger partial charge in [-0.05, 0) is 49.3 Å². The molecule has 1 nitrogen and oxygen atoms in total. The van der Waals surface area contributed by atoms with Gasteiger partial charge >= 0.3 is 0 Å². The molecule has 0 fully saturated rings. The minimum absolute atomic E-state index is 0.695. The van der Waals surface area contributed by atoms with Gasteiger partial charge in [-0.2, -0.15) is 0 Å². The zero-order valence-corrected chi connectivity index (χ0v) is 9.81. The zero-order chi connectivity index (χ0) is 10.4. The lowest BCUT2D eigenvalue weighted by atomic mass is 9.98. The lowest BCUT2D eigenvalue weighted by Gasteiger charge is -2.09. The van der Waals surface area contributed by atoms with Gasteiger partial charge in [0.1, 0.15) is 0 Å². The van der Waals surface area contributed by atoms with Gasteiger partial charge < -0.3 is 5.73 Å². The van der Waals surface area contributed by atoms with Crippen LogP contribution in [0.2, 0.25) is 0 Å². The minimum Gasteiger partial charge on any atom is -0.330 e. The van der Waals surface area contributed by atoms with Crippen molar-refractivity contribution in [3.05, 3.63) is 29.8 Å². The van der Waals surface area contributed by atoms with Gasteiger partial charge in [0, 0.05) is 4.90 Å². The summed E-state index contributed by atoms with van der Waals surface area (Å²) in [5, 5.41) is 0. The molecule has 2 heteroatoms. The lowest BCUT2D eigenvalue weighted by Crippen LogP contribution is -2.07. The Morgan fingerprint density at radius 3 is 2.43 bits per heavy atom. The normalized spacial score (nSPS) is 12.8. The van der Waals surface area contributed by atoms with Crippen molar-refractivity contribution in [1.29, 1.82) is 0 Å². The van der Waals surface area contributed by atoms with E-state index in [9.17, 15) is 0 Å². The van der Waals surface area contributed by atoms with Gasteiger partial charge in [-0.15, -0.1) is 11.8 Å². The summed E-state index contributed by atoms with van der Waals surface area (Å²) < 4.78 is 0. The second-order valence-corrected chi connectivity index (χ2v) is 4.61. The number of nitrogens with two attached hydrogens (primary N) is 1. The van der Waals surface area contributed by atoms with Crippen molar-refractivity contribution >= 4 is 11.8 Å². The number of hydrogen-bond donors (Lipinski definition) is 1. The highest BCUT2D eigenvalue weighted by Gasteiger charge is 2.02. The van der Waals surface area contributed by atoms with Crippen molar-refractivity contribution < 1.29 is 0 Å². The molecule has 0 amide bonds. The maximum Gasteiger partial charge on any atom is 0.00693 e. The third kappa shape index (κ3) is 3.72. The van der Waals surface area contributed by atoms with Crippen LogP contribution in [0, 0.1) is 5.92 Å². The number of thioether (sulfide) groups is 1. The summed E-state index contributed by atoms with van der Waals surface area (Å²) in [7, 11) is 0. The first-order valence-electron chi connectivity index (χ1n) is 5.09. The third-order valence-corrected chi connectivity index (χ3v) is 3.15. The van der Waals surface area contributed by atoms with Gasteiger partial charge in [0.25, 0.3) is 0 Å². The lowest BCUT2D eigenvalue weighted by molar-refractivity contribution is 0.538. The van der Waals surface area contributed by atoms with E-state index in [4.69, 9.17) is 5.73 Å². The fraction of sp³-hybridized carbons (Fsp3) is 0.500. The van der Waals surface area contributed by atoms with E-state index in [0.29, 0.717) is 5.92 Å². The Hall–Kier alpha value is -0.470. The second kappa shape index (κ2) is 6.10. The first-order valence-corrected chi connectivity index (χ1v) is 6.31. The molecule has 78 valence electrons. The fourth-order valence-corrected chi connectivity index (χ4v) is 1.96. The van der Waals surface area contributed by atoms with E-state index in [2.05, 4.69) is 37.4 Å². The van der Waals surface area contributed by atoms with E-state index in [1.54, 1.807) is 11.8 Å². The summed E-state index contributed by atoms with van der Waals surface area (Å²) in [6, 6.07) is 8.82. The van der Waals surface area contributed by atoms with Crippen LogP contribution in [-0.2, 0) is 6.42 Å². The predicted octanol–water partition coefficient (Wildman–Crippen LogP) is 2.94. The Morgan fingerprint density at radius 2 is 1.93 bits per heavy atom. The molecule has 1 atom stereocenters. The molecule has 0 aliphatic heterocycles. The summed E-state index contributed by atoms with van der Waals surface area (Å²) in [4.78, 5) is 1.33. The molecule has 1 aromatic rings. The highest BCUT2D eigenvalue weighted by molar-refractivity contribution is 7.98. The third-order valence-electron chi connectivity index (χ3n) is 2.40. The minimum atomic E-state index is 0.695. The first kappa shape index (κ1) is 11.6. The average molecular weight is 209 g/mol. The SMILES string of the molecule is CSc1ccc(CC(C)CCN)cc1. The number of benzene rings is 1. The van der Waals surface area contributed by atoms with E-state index in [0.717, 1.165) is 19.4 Å². The average Bonchev–Trinajstić information content (AvgIpc) is 2.19. The highest BCUT2D eigenvalue weighted by Crippen LogP contribution is 2.17. The van der Waals surface area contributed by atoms with Crippen molar-refractivity contribution in [3.63, 3.8) is 0 Å². The molecule has 0 aliphatic carbocycles. The van der Waals surface area contributed by atoms with Crippen LogP contribution in [0.5, 0.6) is 0 Å². The van der Waals surface area contributed by atoms with Crippen molar-refractivity contribution in [2.45, 2.75) is 24.7 Å². The Balaban J connectivity index is 2.50. The zero-order valence-electron chi connectivity index (χ0n) is 8.99. The molecule has 0 saturated heterocycles. The molecule has 0 spiro atoms. The molecule has 2 N–H and O–H groups in total. The van der Waals surface area contributed by atoms with E-state index >= 15 is 0 Å². The molecule has 0 saturated carbocycles. The molecular weight excluding hydrogens is 190 g/mol. The van der Waals surface area contributed by atoms with Crippen molar-refractivity contribution in [1.82, 2.24) is 0 Å². The van der Waals surface area contributed by atoms with Gasteiger partial charge in [-0.25, -0.2) is 0 Å². The number of rotatable bonds is 5. The second-order valence-electron chi connectivity index (χ2n) is 3.73. The van der Waals surface area contributed by atoms with Gasteiger partial charge in [-0.1, -0.05) is 19.1 Å². The van der Waals surface area contributed by atoms with Gasteiger partial charge in [-0.3, -0.25) is 0 Å². The van der Waals surface area contributed by atoms with Crippen molar-refractivity contribution in [2.24, 2.45) is 11.7 Å². The van der Waals surface area contributed by atoms with E-state index < -0.39 is 0 Å². The first-order chi connectivity index (χ1) is 6.76. The van der Waals surface area contributed by atoms with Gasteiger partial charge in [0.05, 0.1) is 0 Å². The monoisotopic (exact) mass is 209 g/mol. The van der Waals surface area contributed by atoms with Crippen LogP contribution in [0.25, 0.3) is 0 Å². The standard InChI is InChI=1S/C12H19NS/c1-10(7-8-13)9-11-3-5-12(14-2)6-4-11/h3-6,10H,7-9,13H2,1-2H3. The quantitative estimate of drug-likeness (QED) is 0.755. The molecule has 1 unspecified atom stereocenters. The molecule has 0 radical (unpaired) electrons. The van der Waals surface area contributed by atoms with Gasteiger partial charge in [0.15, 0.2) is 0 Å². The van der Waals surface area contributed by atoms with E-state index in [1.807, 2.05) is 0 Å². The predicted molar refractivity (Wildman–Crippen MR) is 64.8 cm³/mol. The Bertz CT molecular complexity index is 256. The van der Waals surface area contributed by atoms with Crippen LogP contribution >= 0.6 is 11.8 Å². The summed E-state index contributed by atoms with van der Waals surface area (Å²) in [6.07, 6.45) is 4.36. The van der Waals surface area contributed by atoms with Crippen LogP contribution in [0.4, 0.5) is 0 Å². The number of hydrogen-bond acceptors (Lipinski definition) is 2. The van der Waals surface area contributed by atoms with Crippen molar-refractivity contribution in [3.8, 4) is 0 Å². The summed E-state index contributed by atoms with van der Waals surface area (Å²) in [5.41, 5.74) is 6.95. The molecule has 0 heterocycles. The fourth-order valence-electron chi connectivity index (χ4n) is 1.55. The Kier molecular flexibility index (Phi) is 5.05.